The molecule has 1 N–H and O–H groups in total. The zero-order valence-corrected chi connectivity index (χ0v) is 21.0. The van der Waals surface area contributed by atoms with Crippen molar-refractivity contribution in [2.24, 2.45) is 11.8 Å². The number of methoxy groups -OCH3 is 2. The van der Waals surface area contributed by atoms with Crippen LogP contribution in [-0.2, 0) is 28.3 Å². The van der Waals surface area contributed by atoms with Crippen molar-refractivity contribution in [1.29, 1.82) is 0 Å². The molecule has 32 heavy (non-hydrogen) atoms. The van der Waals surface area contributed by atoms with E-state index in [4.69, 9.17) is 18.7 Å². The van der Waals surface area contributed by atoms with Crippen molar-refractivity contribution in [3.05, 3.63) is 12.2 Å². The Balaban J connectivity index is 1.85. The van der Waals surface area contributed by atoms with E-state index in [2.05, 4.69) is 26.4 Å². The van der Waals surface area contributed by atoms with Gasteiger partial charge in [0.2, 0.25) is 0 Å². The monoisotopic (exact) mass is 474 g/mol. The van der Waals surface area contributed by atoms with Crippen LogP contribution in [0.4, 0.5) is 0 Å². The summed E-state index contributed by atoms with van der Waals surface area (Å²) in [5.74, 6) is -0.271. The summed E-state index contributed by atoms with van der Waals surface area (Å²) in [5.41, 5.74) is 0. The molecule has 0 amide bonds. The van der Waals surface area contributed by atoms with Crippen LogP contribution in [0.3, 0.4) is 0 Å². The largest absolute Gasteiger partial charge is 0.469 e. The maximum absolute atomic E-state index is 11.2. The molecule has 1 saturated heterocycles. The minimum Gasteiger partial charge on any atom is -0.469 e. The van der Waals surface area contributed by atoms with Crippen molar-refractivity contribution in [3.8, 4) is 0 Å². The average Bonchev–Trinajstić information content (AvgIpc) is 3.38. The predicted molar refractivity (Wildman–Crippen MR) is 126 cm³/mol. The normalized spacial score (nSPS) is 27.4. The van der Waals surface area contributed by atoms with Crippen molar-refractivity contribution < 1.29 is 33.4 Å². The summed E-state index contributed by atoms with van der Waals surface area (Å²) >= 11 is 0. The first kappa shape index (κ1) is 27.7. The molecule has 0 aromatic carbocycles. The lowest BCUT2D eigenvalue weighted by molar-refractivity contribution is -0.171. The van der Waals surface area contributed by atoms with Gasteiger partial charge in [-0.25, -0.2) is 0 Å². The third kappa shape index (κ3) is 9.00. The van der Waals surface area contributed by atoms with Gasteiger partial charge in [-0.3, -0.25) is 4.79 Å². The van der Waals surface area contributed by atoms with Crippen molar-refractivity contribution in [3.63, 3.8) is 0 Å². The van der Waals surface area contributed by atoms with E-state index in [1.807, 2.05) is 0 Å². The van der Waals surface area contributed by atoms with E-state index in [0.29, 0.717) is 26.1 Å². The van der Waals surface area contributed by atoms with Crippen molar-refractivity contribution in [2.75, 3.05) is 34.0 Å². The van der Waals surface area contributed by atoms with Crippen LogP contribution in [-0.4, -0.2) is 63.1 Å². The first-order valence-electron chi connectivity index (χ1n) is 12.1. The molecule has 5 unspecified atom stereocenters. The number of aliphatic hydroxyl groups excluding tert-OH is 1. The van der Waals surface area contributed by atoms with Gasteiger partial charge in [-0.1, -0.05) is 18.6 Å². The molecule has 0 radical (unpaired) electrons. The molecular formula is C24H43O7P. The Morgan fingerprint density at radius 1 is 1.09 bits per heavy atom. The average molecular weight is 475 g/mol. The Hall–Kier alpha value is -0.560. The summed E-state index contributed by atoms with van der Waals surface area (Å²) < 4.78 is 27.6. The van der Waals surface area contributed by atoms with E-state index < -0.39 is 5.79 Å². The smallest absolute Gasteiger partial charge is 0.305 e. The van der Waals surface area contributed by atoms with Crippen LogP contribution in [0.5, 0.6) is 0 Å². The molecule has 2 aliphatic rings. The minimum absolute atomic E-state index is 0.0212. The molecule has 1 aliphatic heterocycles. The van der Waals surface area contributed by atoms with Crippen LogP contribution >= 0.6 is 9.47 Å². The third-order valence-corrected chi connectivity index (χ3v) is 7.15. The maximum Gasteiger partial charge on any atom is 0.305 e. The Morgan fingerprint density at radius 2 is 1.88 bits per heavy atom. The fourth-order valence-corrected chi connectivity index (χ4v) is 5.30. The summed E-state index contributed by atoms with van der Waals surface area (Å²) in [7, 11) is 5.53. The van der Waals surface area contributed by atoms with Crippen LogP contribution in [0.15, 0.2) is 12.2 Å². The van der Waals surface area contributed by atoms with Crippen molar-refractivity contribution in [1.82, 2.24) is 0 Å². The molecule has 2 rings (SSSR count). The molecule has 2 fully saturated rings. The summed E-state index contributed by atoms with van der Waals surface area (Å²) in [6.45, 7) is 2.08. The highest BCUT2D eigenvalue weighted by atomic mass is 31.0. The lowest BCUT2D eigenvalue weighted by Crippen LogP contribution is -2.33. The van der Waals surface area contributed by atoms with Crippen LogP contribution < -0.4 is 0 Å². The van der Waals surface area contributed by atoms with Gasteiger partial charge in [0.05, 0.1) is 32.5 Å². The Kier molecular flexibility index (Phi) is 13.3. The number of ether oxygens (including phenoxy) is 4. The number of carbonyl (C=O) groups excluding carboxylic acids is 1. The molecule has 0 spiro atoms. The summed E-state index contributed by atoms with van der Waals surface area (Å²) in [4.78, 5) is 11.2. The van der Waals surface area contributed by atoms with Crippen LogP contribution in [0.2, 0.25) is 0 Å². The molecule has 0 bridgehead atoms. The van der Waals surface area contributed by atoms with Gasteiger partial charge in [-0.15, -0.1) is 0 Å². The molecule has 8 heteroatoms. The van der Waals surface area contributed by atoms with E-state index in [0.717, 1.165) is 64.4 Å². The van der Waals surface area contributed by atoms with Gasteiger partial charge in [0.25, 0.3) is 0 Å². The van der Waals surface area contributed by atoms with Crippen molar-refractivity contribution >= 4 is 15.4 Å². The lowest BCUT2D eigenvalue weighted by Gasteiger charge is -2.31. The predicted octanol–water partition coefficient (Wildman–Crippen LogP) is 4.18. The highest BCUT2D eigenvalue weighted by molar-refractivity contribution is 7.09. The molecule has 0 aromatic rings. The molecule has 1 saturated carbocycles. The Labute approximate surface area is 195 Å². The van der Waals surface area contributed by atoms with Gasteiger partial charge in [0, 0.05) is 48.9 Å². The molecule has 7 nitrogen and oxygen atoms in total. The van der Waals surface area contributed by atoms with Gasteiger partial charge < -0.3 is 28.6 Å². The Morgan fingerprint density at radius 3 is 2.56 bits per heavy atom. The first-order chi connectivity index (χ1) is 15.5. The molecule has 186 valence electrons. The Bertz CT molecular complexity index is 550. The zero-order chi connectivity index (χ0) is 23.2. The number of unbranched alkanes of at least 4 members (excludes halogenated alkanes) is 3. The lowest BCUT2D eigenvalue weighted by atomic mass is 9.85. The van der Waals surface area contributed by atoms with Gasteiger partial charge in [0.15, 0.2) is 5.79 Å². The second kappa shape index (κ2) is 15.4. The van der Waals surface area contributed by atoms with E-state index in [-0.39, 0.29) is 30.0 Å². The fourth-order valence-electron chi connectivity index (χ4n) is 4.99. The molecular weight excluding hydrogens is 431 g/mol. The second-order valence-corrected chi connectivity index (χ2v) is 9.20. The summed E-state index contributed by atoms with van der Waals surface area (Å²) in [6, 6.07) is 0. The van der Waals surface area contributed by atoms with E-state index in [9.17, 15) is 9.90 Å². The number of rotatable bonds is 16. The fraction of sp³-hybridized carbons (Fsp3) is 0.875. The quantitative estimate of drug-likeness (QED) is 0.156. The zero-order valence-electron chi connectivity index (χ0n) is 19.8. The second-order valence-electron chi connectivity index (χ2n) is 8.93. The molecule has 1 heterocycles. The van der Waals surface area contributed by atoms with Crippen LogP contribution in [0, 0.1) is 11.8 Å². The number of carbonyl (C=O) groups is 1. The molecule has 1 aliphatic carbocycles. The van der Waals surface area contributed by atoms with Gasteiger partial charge in [0.1, 0.15) is 0 Å². The highest BCUT2D eigenvalue weighted by Gasteiger charge is 2.44. The van der Waals surface area contributed by atoms with Gasteiger partial charge in [-0.05, 0) is 50.4 Å². The van der Waals surface area contributed by atoms with Crippen molar-refractivity contribution in [2.45, 2.75) is 88.6 Å². The first-order valence-corrected chi connectivity index (χ1v) is 12.5. The van der Waals surface area contributed by atoms with Gasteiger partial charge in [-0.2, -0.15) is 0 Å². The SMILES string of the molecule is COCCCCCC1(CCC2C(OP)CC(O)C2C/C=C/CCCC(=O)OC)OCCO1. The van der Waals surface area contributed by atoms with E-state index in [1.54, 1.807) is 7.11 Å². The topological polar surface area (TPSA) is 83.5 Å². The van der Waals surface area contributed by atoms with E-state index in [1.165, 1.54) is 7.11 Å². The number of allylic oxidation sites excluding steroid dienone is 2. The molecule has 5 atom stereocenters. The maximum atomic E-state index is 11.2. The number of aliphatic hydroxyl groups is 1. The number of esters is 1. The number of hydrogen-bond acceptors (Lipinski definition) is 7. The minimum atomic E-state index is -0.500. The van der Waals surface area contributed by atoms with Crippen LogP contribution in [0.25, 0.3) is 0 Å². The highest BCUT2D eigenvalue weighted by Crippen LogP contribution is 2.43. The molecule has 0 aromatic heterocycles. The summed E-state index contributed by atoms with van der Waals surface area (Å²) in [6.07, 6.45) is 13.2. The van der Waals surface area contributed by atoms with Crippen LogP contribution in [0.1, 0.15) is 70.6 Å². The van der Waals surface area contributed by atoms with E-state index >= 15 is 0 Å². The standard InChI is InChI=1S/C24H43O7P/c1-27-15-9-5-8-13-24(29-16-17-30-24)14-12-20-19(21(25)18-22(20)31-32)10-6-3-4-7-11-23(26)28-2/h3,6,19-22,25H,4-5,7-18,32H2,1-2H3/b6-3+. The number of hydrogen-bond donors (Lipinski definition) is 1. The summed E-state index contributed by atoms with van der Waals surface area (Å²) in [5, 5.41) is 10.7. The van der Waals surface area contributed by atoms with Gasteiger partial charge >= 0.3 is 5.97 Å². The third-order valence-electron chi connectivity index (χ3n) is 6.80.